The van der Waals surface area contributed by atoms with Crippen LogP contribution in [-0.2, 0) is 9.59 Å². The summed E-state index contributed by atoms with van der Waals surface area (Å²) in [7, 11) is 0. The van der Waals surface area contributed by atoms with Crippen LogP contribution in [0, 0.1) is 46.3 Å². The number of rotatable bonds is 4. The van der Waals surface area contributed by atoms with Crippen molar-refractivity contribution in [2.75, 3.05) is 0 Å². The van der Waals surface area contributed by atoms with Gasteiger partial charge in [0.25, 0.3) is 0 Å². The van der Waals surface area contributed by atoms with Crippen molar-refractivity contribution in [1.82, 2.24) is 0 Å². The fourth-order valence-corrected chi connectivity index (χ4v) is 8.40. The van der Waals surface area contributed by atoms with Gasteiger partial charge < -0.3 is 15.3 Å². The molecule has 0 spiro atoms. The van der Waals surface area contributed by atoms with Gasteiger partial charge in [0.15, 0.2) is 0 Å². The van der Waals surface area contributed by atoms with E-state index in [0.29, 0.717) is 25.0 Å². The summed E-state index contributed by atoms with van der Waals surface area (Å²) in [5, 5.41) is 30.7. The molecule has 4 saturated carbocycles. The highest BCUT2D eigenvalue weighted by atomic mass is 16.4. The molecule has 0 aromatic carbocycles. The van der Waals surface area contributed by atoms with Gasteiger partial charge in [-0.1, -0.05) is 20.8 Å². The molecule has 4 rings (SSSR count). The zero-order valence-electron chi connectivity index (χ0n) is 18.1. The fraction of sp³-hybridized carbons (Fsp3) is 0.917. The number of fused-ring (bicyclic) bond motifs is 5. The number of carboxylic acids is 1. The summed E-state index contributed by atoms with van der Waals surface area (Å²) >= 11 is 0. The van der Waals surface area contributed by atoms with Crippen LogP contribution in [0.25, 0.3) is 0 Å². The van der Waals surface area contributed by atoms with E-state index in [-0.39, 0.29) is 58.9 Å². The van der Waals surface area contributed by atoms with Crippen LogP contribution in [0.3, 0.4) is 0 Å². The topological polar surface area (TPSA) is 94.8 Å². The van der Waals surface area contributed by atoms with Crippen LogP contribution in [0.1, 0.15) is 78.6 Å². The Morgan fingerprint density at radius 1 is 1.14 bits per heavy atom. The Balaban J connectivity index is 1.62. The first-order chi connectivity index (χ1) is 13.6. The Bertz CT molecular complexity index is 676. The molecule has 5 heteroatoms. The average Bonchev–Trinajstić information content (AvgIpc) is 3.01. The first kappa shape index (κ1) is 21.3. The second kappa shape index (κ2) is 7.33. The lowest BCUT2D eigenvalue weighted by Gasteiger charge is -2.61. The Morgan fingerprint density at radius 3 is 2.55 bits per heavy atom. The summed E-state index contributed by atoms with van der Waals surface area (Å²) in [5.74, 6) is 0.775. The lowest BCUT2D eigenvalue weighted by molar-refractivity contribution is -0.182. The molecule has 1 unspecified atom stereocenters. The van der Waals surface area contributed by atoms with E-state index in [2.05, 4.69) is 20.8 Å². The molecule has 0 aromatic heterocycles. The van der Waals surface area contributed by atoms with E-state index in [1.165, 1.54) is 0 Å². The number of carbonyl (C=O) groups is 2. The average molecular weight is 407 g/mol. The molecule has 0 aliphatic heterocycles. The zero-order chi connectivity index (χ0) is 21.1. The molecule has 4 aliphatic carbocycles. The van der Waals surface area contributed by atoms with Crippen molar-refractivity contribution in [2.24, 2.45) is 46.3 Å². The molecule has 10 atom stereocenters. The molecule has 4 aliphatic rings. The first-order valence-electron chi connectivity index (χ1n) is 11.7. The normalized spacial score (nSPS) is 50.4. The zero-order valence-corrected chi connectivity index (χ0v) is 18.1. The molecule has 0 aromatic rings. The number of aliphatic hydroxyl groups is 2. The van der Waals surface area contributed by atoms with Gasteiger partial charge in [-0.3, -0.25) is 9.59 Å². The molecule has 3 N–H and O–H groups in total. The van der Waals surface area contributed by atoms with E-state index in [1.807, 2.05) is 0 Å². The SMILES string of the molecule is C[C@H](CCC(=O)O)[C@H]1CC[C@H]2C3C(=O)C[C@@H]4C[C@H](O)CC[C@]4(C)[C@H]3C[C@H](O)[C@]12C. The molecule has 29 heavy (non-hydrogen) atoms. The lowest BCUT2D eigenvalue weighted by Crippen LogP contribution is -2.61. The van der Waals surface area contributed by atoms with Crippen LogP contribution >= 0.6 is 0 Å². The number of ketones is 1. The number of aliphatic carboxylic acids is 1. The minimum atomic E-state index is -0.762. The second-order valence-electron chi connectivity index (χ2n) is 11.3. The quantitative estimate of drug-likeness (QED) is 0.662. The Morgan fingerprint density at radius 2 is 1.86 bits per heavy atom. The monoisotopic (exact) mass is 406 g/mol. The van der Waals surface area contributed by atoms with Crippen LogP contribution in [0.15, 0.2) is 0 Å². The van der Waals surface area contributed by atoms with Gasteiger partial charge in [-0.2, -0.15) is 0 Å². The number of carbonyl (C=O) groups excluding carboxylic acids is 1. The number of aliphatic hydroxyl groups excluding tert-OH is 2. The first-order valence-corrected chi connectivity index (χ1v) is 11.7. The van der Waals surface area contributed by atoms with Crippen molar-refractivity contribution in [2.45, 2.75) is 90.8 Å². The predicted octanol–water partition coefficient (Wildman–Crippen LogP) is 3.66. The molecular weight excluding hydrogens is 368 g/mol. The fourth-order valence-electron chi connectivity index (χ4n) is 8.40. The number of Topliss-reactive ketones (excluding diaryl/α,β-unsaturated/α-hetero) is 1. The van der Waals surface area contributed by atoms with E-state index in [0.717, 1.165) is 32.1 Å². The van der Waals surface area contributed by atoms with Gasteiger partial charge >= 0.3 is 5.97 Å². The smallest absolute Gasteiger partial charge is 0.303 e. The van der Waals surface area contributed by atoms with Crippen LogP contribution in [-0.4, -0.2) is 39.3 Å². The summed E-state index contributed by atoms with van der Waals surface area (Å²) in [4.78, 5) is 24.4. The minimum Gasteiger partial charge on any atom is -0.481 e. The molecule has 0 heterocycles. The summed E-state index contributed by atoms with van der Waals surface area (Å²) < 4.78 is 0. The third-order valence-electron chi connectivity index (χ3n) is 10.1. The van der Waals surface area contributed by atoms with Crippen LogP contribution < -0.4 is 0 Å². The van der Waals surface area contributed by atoms with E-state index in [1.54, 1.807) is 0 Å². The van der Waals surface area contributed by atoms with Gasteiger partial charge in [0.2, 0.25) is 0 Å². The van der Waals surface area contributed by atoms with E-state index >= 15 is 0 Å². The van der Waals surface area contributed by atoms with Crippen LogP contribution in [0.5, 0.6) is 0 Å². The molecule has 4 fully saturated rings. The Kier molecular flexibility index (Phi) is 5.39. The van der Waals surface area contributed by atoms with Crippen molar-refractivity contribution in [3.05, 3.63) is 0 Å². The van der Waals surface area contributed by atoms with Gasteiger partial charge in [0.1, 0.15) is 5.78 Å². The molecular formula is C24H38O5. The third kappa shape index (κ3) is 3.18. The second-order valence-corrected chi connectivity index (χ2v) is 11.3. The predicted molar refractivity (Wildman–Crippen MR) is 109 cm³/mol. The van der Waals surface area contributed by atoms with Crippen LogP contribution in [0.2, 0.25) is 0 Å². The highest BCUT2D eigenvalue weighted by molar-refractivity contribution is 5.83. The van der Waals surface area contributed by atoms with Gasteiger partial charge in [-0.15, -0.1) is 0 Å². The summed E-state index contributed by atoms with van der Waals surface area (Å²) in [5.41, 5.74) is -0.265. The van der Waals surface area contributed by atoms with Gasteiger partial charge in [-0.25, -0.2) is 0 Å². The molecule has 5 nitrogen and oxygen atoms in total. The van der Waals surface area contributed by atoms with E-state index < -0.39 is 12.1 Å². The minimum absolute atomic E-state index is 0.0246. The van der Waals surface area contributed by atoms with Crippen LogP contribution in [0.4, 0.5) is 0 Å². The summed E-state index contributed by atoms with van der Waals surface area (Å²) in [6.45, 7) is 6.62. The molecule has 0 radical (unpaired) electrons. The maximum atomic E-state index is 13.4. The number of hydrogen-bond acceptors (Lipinski definition) is 4. The largest absolute Gasteiger partial charge is 0.481 e. The van der Waals surface area contributed by atoms with Crippen molar-refractivity contribution < 1.29 is 24.9 Å². The highest BCUT2D eigenvalue weighted by Gasteiger charge is 2.65. The Labute approximate surface area is 174 Å². The van der Waals surface area contributed by atoms with Crippen molar-refractivity contribution in [3.63, 3.8) is 0 Å². The van der Waals surface area contributed by atoms with Crippen molar-refractivity contribution >= 4 is 11.8 Å². The maximum Gasteiger partial charge on any atom is 0.303 e. The van der Waals surface area contributed by atoms with E-state index in [9.17, 15) is 19.8 Å². The number of hydrogen-bond donors (Lipinski definition) is 3. The number of carboxylic acid groups (broad SMARTS) is 1. The van der Waals surface area contributed by atoms with Crippen molar-refractivity contribution in [1.29, 1.82) is 0 Å². The van der Waals surface area contributed by atoms with Gasteiger partial charge in [0, 0.05) is 24.2 Å². The highest BCUT2D eigenvalue weighted by Crippen LogP contribution is 2.67. The van der Waals surface area contributed by atoms with Crippen molar-refractivity contribution in [3.8, 4) is 0 Å². The van der Waals surface area contributed by atoms with Gasteiger partial charge in [0.05, 0.1) is 12.2 Å². The lowest BCUT2D eigenvalue weighted by atomic mass is 9.43. The van der Waals surface area contributed by atoms with Gasteiger partial charge in [-0.05, 0) is 80.0 Å². The summed E-state index contributed by atoms with van der Waals surface area (Å²) in [6.07, 6.45) is 5.74. The van der Waals surface area contributed by atoms with E-state index in [4.69, 9.17) is 5.11 Å². The summed E-state index contributed by atoms with van der Waals surface area (Å²) in [6, 6.07) is 0. The standard InChI is InChI=1S/C24H38O5/c1-13(4-7-21(28)29)16-5-6-17-22-18(12-20(27)24(16,17)3)23(2)9-8-15(25)10-14(23)11-19(22)26/h13-18,20,22,25,27H,4-12H2,1-3H3,(H,28,29)/t13-,14+,15-,16-,17+,18+,20+,22?,23+,24-/m1/s1. The Hall–Kier alpha value is -0.940. The molecule has 0 saturated heterocycles. The molecule has 0 amide bonds. The molecule has 164 valence electrons. The molecule has 0 bridgehead atoms. The maximum absolute atomic E-state index is 13.4. The third-order valence-corrected chi connectivity index (χ3v) is 10.1.